The lowest BCUT2D eigenvalue weighted by atomic mass is 9.99. The molecule has 0 spiro atoms. The summed E-state index contributed by atoms with van der Waals surface area (Å²) < 4.78 is 0. The number of hydrogen-bond donors (Lipinski definition) is 0. The SMILES string of the molecule is CCC=C(C)C(C)CC. The van der Waals surface area contributed by atoms with Crippen LogP contribution in [0, 0.1) is 5.92 Å². The maximum absolute atomic E-state index is 2.31. The average molecular weight is 126 g/mol. The highest BCUT2D eigenvalue weighted by Gasteiger charge is 1.97. The van der Waals surface area contributed by atoms with E-state index in [2.05, 4.69) is 33.8 Å². The van der Waals surface area contributed by atoms with E-state index in [4.69, 9.17) is 0 Å². The van der Waals surface area contributed by atoms with E-state index in [1.807, 2.05) is 0 Å². The van der Waals surface area contributed by atoms with Crippen molar-refractivity contribution < 1.29 is 0 Å². The summed E-state index contributed by atoms with van der Waals surface area (Å²) in [5.41, 5.74) is 1.54. The van der Waals surface area contributed by atoms with Crippen molar-refractivity contribution in [1.29, 1.82) is 0 Å². The highest BCUT2D eigenvalue weighted by atomic mass is 14.0. The van der Waals surface area contributed by atoms with Gasteiger partial charge in [0.1, 0.15) is 0 Å². The van der Waals surface area contributed by atoms with Gasteiger partial charge in [-0.15, -0.1) is 0 Å². The molecule has 54 valence electrons. The van der Waals surface area contributed by atoms with Crippen LogP contribution in [0.4, 0.5) is 0 Å². The van der Waals surface area contributed by atoms with E-state index in [0.717, 1.165) is 5.92 Å². The van der Waals surface area contributed by atoms with E-state index in [1.165, 1.54) is 12.8 Å². The molecule has 0 bridgehead atoms. The van der Waals surface area contributed by atoms with Crippen molar-refractivity contribution in [3.8, 4) is 0 Å². The lowest BCUT2D eigenvalue weighted by Gasteiger charge is -2.07. The zero-order valence-corrected chi connectivity index (χ0v) is 7.07. The Balaban J connectivity index is 3.70. The van der Waals surface area contributed by atoms with Gasteiger partial charge in [-0.1, -0.05) is 32.4 Å². The number of allylic oxidation sites excluding steroid dienone is 2. The van der Waals surface area contributed by atoms with Crippen LogP contribution in [-0.4, -0.2) is 0 Å². The Labute approximate surface area is 59.0 Å². The minimum absolute atomic E-state index is 0.782. The third kappa shape index (κ3) is 3.34. The molecule has 0 aliphatic rings. The molecule has 0 nitrogen and oxygen atoms in total. The van der Waals surface area contributed by atoms with Crippen LogP contribution < -0.4 is 0 Å². The summed E-state index contributed by atoms with van der Waals surface area (Å²) in [7, 11) is 0. The Morgan fingerprint density at radius 3 is 2.33 bits per heavy atom. The second kappa shape index (κ2) is 4.60. The molecule has 1 unspecified atom stereocenters. The molecule has 9 heavy (non-hydrogen) atoms. The smallest absolute Gasteiger partial charge is 0.0237 e. The summed E-state index contributed by atoms with van der Waals surface area (Å²) in [6, 6.07) is 0. The van der Waals surface area contributed by atoms with Gasteiger partial charge in [-0.25, -0.2) is 0 Å². The van der Waals surface area contributed by atoms with E-state index in [9.17, 15) is 0 Å². The average Bonchev–Trinajstić information content (AvgIpc) is 1.87. The minimum Gasteiger partial charge on any atom is -0.0856 e. The van der Waals surface area contributed by atoms with Crippen LogP contribution in [0.3, 0.4) is 0 Å². The zero-order chi connectivity index (χ0) is 7.28. The first-order valence-electron chi connectivity index (χ1n) is 3.89. The Hall–Kier alpha value is -0.260. The molecule has 0 N–H and O–H groups in total. The van der Waals surface area contributed by atoms with Crippen LogP contribution in [0.15, 0.2) is 11.6 Å². The standard InChI is InChI=1S/C9H18/c1-5-7-9(4)8(3)6-2/h7-8H,5-6H2,1-4H3. The van der Waals surface area contributed by atoms with Crippen molar-refractivity contribution in [2.45, 2.75) is 40.5 Å². The first-order chi connectivity index (χ1) is 4.22. The lowest BCUT2D eigenvalue weighted by molar-refractivity contribution is 0.652. The Kier molecular flexibility index (Phi) is 4.47. The molecule has 0 aromatic heterocycles. The Morgan fingerprint density at radius 1 is 1.44 bits per heavy atom. The summed E-state index contributed by atoms with van der Waals surface area (Å²) >= 11 is 0. The van der Waals surface area contributed by atoms with Crippen molar-refractivity contribution in [1.82, 2.24) is 0 Å². The van der Waals surface area contributed by atoms with Crippen molar-refractivity contribution in [2.75, 3.05) is 0 Å². The van der Waals surface area contributed by atoms with E-state index < -0.39 is 0 Å². The van der Waals surface area contributed by atoms with Gasteiger partial charge in [0.25, 0.3) is 0 Å². The molecular weight excluding hydrogens is 108 g/mol. The molecule has 0 rings (SSSR count). The van der Waals surface area contributed by atoms with E-state index in [-0.39, 0.29) is 0 Å². The highest BCUT2D eigenvalue weighted by molar-refractivity contribution is 5.00. The van der Waals surface area contributed by atoms with Gasteiger partial charge in [-0.2, -0.15) is 0 Å². The molecule has 1 atom stereocenters. The van der Waals surface area contributed by atoms with Gasteiger partial charge in [0, 0.05) is 0 Å². The molecule has 0 aromatic carbocycles. The van der Waals surface area contributed by atoms with Gasteiger partial charge in [0.15, 0.2) is 0 Å². The lowest BCUT2D eigenvalue weighted by Crippen LogP contribution is -1.92. The second-order valence-corrected chi connectivity index (χ2v) is 2.67. The molecule has 0 heteroatoms. The van der Waals surface area contributed by atoms with Gasteiger partial charge in [0.05, 0.1) is 0 Å². The maximum atomic E-state index is 2.31. The van der Waals surface area contributed by atoms with Crippen molar-refractivity contribution in [3.05, 3.63) is 11.6 Å². The van der Waals surface area contributed by atoms with Gasteiger partial charge < -0.3 is 0 Å². The molecule has 0 saturated heterocycles. The summed E-state index contributed by atoms with van der Waals surface area (Å²) in [6.07, 6.45) is 4.76. The predicted molar refractivity (Wildman–Crippen MR) is 43.5 cm³/mol. The van der Waals surface area contributed by atoms with Gasteiger partial charge in [-0.3, -0.25) is 0 Å². The minimum atomic E-state index is 0.782. The summed E-state index contributed by atoms with van der Waals surface area (Å²) in [5, 5.41) is 0. The van der Waals surface area contributed by atoms with Crippen LogP contribution in [0.5, 0.6) is 0 Å². The Morgan fingerprint density at radius 2 is 2.00 bits per heavy atom. The van der Waals surface area contributed by atoms with Gasteiger partial charge >= 0.3 is 0 Å². The first kappa shape index (κ1) is 8.74. The van der Waals surface area contributed by atoms with Crippen LogP contribution >= 0.6 is 0 Å². The molecule has 0 aliphatic carbocycles. The van der Waals surface area contributed by atoms with Crippen molar-refractivity contribution in [2.24, 2.45) is 5.92 Å². The number of rotatable bonds is 3. The molecule has 0 amide bonds. The molecule has 0 radical (unpaired) electrons. The zero-order valence-electron chi connectivity index (χ0n) is 7.07. The normalized spacial score (nSPS) is 15.8. The van der Waals surface area contributed by atoms with Crippen LogP contribution in [-0.2, 0) is 0 Å². The molecular formula is C9H18. The van der Waals surface area contributed by atoms with Gasteiger partial charge in [-0.05, 0) is 25.7 Å². The van der Waals surface area contributed by atoms with Gasteiger partial charge in [0.2, 0.25) is 0 Å². The maximum Gasteiger partial charge on any atom is -0.0237 e. The van der Waals surface area contributed by atoms with Crippen LogP contribution in [0.2, 0.25) is 0 Å². The van der Waals surface area contributed by atoms with Crippen molar-refractivity contribution >= 4 is 0 Å². The van der Waals surface area contributed by atoms with E-state index in [0.29, 0.717) is 0 Å². The van der Waals surface area contributed by atoms with E-state index in [1.54, 1.807) is 5.57 Å². The number of hydrogen-bond acceptors (Lipinski definition) is 0. The Bertz CT molecular complexity index is 90.2. The summed E-state index contributed by atoms with van der Waals surface area (Å²) in [6.45, 7) is 8.92. The fourth-order valence-electron chi connectivity index (χ4n) is 0.845. The topological polar surface area (TPSA) is 0 Å². The third-order valence-corrected chi connectivity index (χ3v) is 1.92. The third-order valence-electron chi connectivity index (χ3n) is 1.92. The quantitative estimate of drug-likeness (QED) is 0.508. The molecule has 0 aliphatic heterocycles. The van der Waals surface area contributed by atoms with Crippen molar-refractivity contribution in [3.63, 3.8) is 0 Å². The summed E-state index contributed by atoms with van der Waals surface area (Å²) in [4.78, 5) is 0. The fourth-order valence-corrected chi connectivity index (χ4v) is 0.845. The monoisotopic (exact) mass is 126 g/mol. The predicted octanol–water partition coefficient (Wildman–Crippen LogP) is 3.39. The summed E-state index contributed by atoms with van der Waals surface area (Å²) in [5.74, 6) is 0.782. The fraction of sp³-hybridized carbons (Fsp3) is 0.778. The van der Waals surface area contributed by atoms with E-state index >= 15 is 0 Å². The molecule has 0 aromatic rings. The molecule has 0 saturated carbocycles. The molecule has 0 fully saturated rings. The first-order valence-corrected chi connectivity index (χ1v) is 3.89. The second-order valence-electron chi connectivity index (χ2n) is 2.67. The van der Waals surface area contributed by atoms with Crippen LogP contribution in [0.1, 0.15) is 40.5 Å². The highest BCUT2D eigenvalue weighted by Crippen LogP contribution is 2.12. The van der Waals surface area contributed by atoms with Crippen LogP contribution in [0.25, 0.3) is 0 Å². The molecule has 0 heterocycles. The largest absolute Gasteiger partial charge is 0.0856 e.